The molecule has 1 aliphatic carbocycles. The number of piperidine rings is 1. The normalized spacial score (nSPS) is 22.4. The molecule has 6 heteroatoms. The second-order valence-corrected chi connectivity index (χ2v) is 6.55. The zero-order valence-electron chi connectivity index (χ0n) is 11.1. The molecule has 0 unspecified atom stereocenters. The Bertz CT molecular complexity index is 518. The Morgan fingerprint density at radius 1 is 1.00 bits per heavy atom. The monoisotopic (exact) mass is 337 g/mol. The van der Waals surface area contributed by atoms with E-state index in [1.165, 1.54) is 23.7 Å². The van der Waals surface area contributed by atoms with Gasteiger partial charge in [0.1, 0.15) is 4.60 Å². The molecule has 0 radical (unpaired) electrons. The van der Waals surface area contributed by atoms with Gasteiger partial charge < -0.3 is 0 Å². The number of amides is 2. The second kappa shape index (κ2) is 5.24. The van der Waals surface area contributed by atoms with Crippen LogP contribution < -0.4 is 4.90 Å². The molecule has 2 aliphatic rings. The highest BCUT2D eigenvalue weighted by atomic mass is 79.9. The average Bonchev–Trinajstić information content (AvgIpc) is 2.41. The Morgan fingerprint density at radius 2 is 1.65 bits per heavy atom. The van der Waals surface area contributed by atoms with Gasteiger partial charge in [0.15, 0.2) is 5.82 Å². The van der Waals surface area contributed by atoms with Gasteiger partial charge in [-0.1, -0.05) is 19.3 Å². The number of aromatic nitrogens is 2. The lowest BCUT2D eigenvalue weighted by atomic mass is 9.67. The third-order valence-corrected chi connectivity index (χ3v) is 4.71. The van der Waals surface area contributed by atoms with Crippen molar-refractivity contribution in [2.75, 3.05) is 4.90 Å². The molecule has 1 aromatic heterocycles. The van der Waals surface area contributed by atoms with E-state index in [0.29, 0.717) is 23.3 Å². The van der Waals surface area contributed by atoms with Gasteiger partial charge in [-0.3, -0.25) is 9.59 Å². The Labute approximate surface area is 125 Å². The maximum Gasteiger partial charge on any atom is 0.235 e. The van der Waals surface area contributed by atoms with Crippen LogP contribution in [0.2, 0.25) is 0 Å². The highest BCUT2D eigenvalue weighted by Crippen LogP contribution is 2.45. The number of nitrogens with zero attached hydrogens (tertiary/aromatic N) is 3. The van der Waals surface area contributed by atoms with Gasteiger partial charge in [-0.25, -0.2) is 14.9 Å². The van der Waals surface area contributed by atoms with Crippen LogP contribution in [0.25, 0.3) is 0 Å². The molecule has 1 aromatic rings. The highest BCUT2D eigenvalue weighted by molar-refractivity contribution is 9.10. The standard InChI is InChI=1S/C14H16BrN3O2/c15-10-8-17-11(9-16-10)18-12(19)6-14(7-13(18)20)4-2-1-3-5-14/h8-9H,1-7H2. The summed E-state index contributed by atoms with van der Waals surface area (Å²) in [5.41, 5.74) is -0.0916. The summed E-state index contributed by atoms with van der Waals surface area (Å²) in [6.45, 7) is 0. The number of carbonyl (C=O) groups is 2. The number of anilines is 1. The van der Waals surface area contributed by atoms with Crippen LogP contribution in [-0.4, -0.2) is 21.8 Å². The van der Waals surface area contributed by atoms with Gasteiger partial charge >= 0.3 is 0 Å². The summed E-state index contributed by atoms with van der Waals surface area (Å²) in [4.78, 5) is 34.1. The maximum atomic E-state index is 12.4. The molecule has 2 amide bonds. The molecule has 20 heavy (non-hydrogen) atoms. The Morgan fingerprint density at radius 3 is 2.20 bits per heavy atom. The molecule has 0 N–H and O–H groups in total. The molecule has 5 nitrogen and oxygen atoms in total. The smallest absolute Gasteiger partial charge is 0.235 e. The van der Waals surface area contributed by atoms with Crippen molar-refractivity contribution < 1.29 is 9.59 Å². The van der Waals surface area contributed by atoms with Crippen LogP contribution in [0.3, 0.4) is 0 Å². The summed E-state index contributed by atoms with van der Waals surface area (Å²) in [6.07, 6.45) is 9.31. The molecule has 2 heterocycles. The van der Waals surface area contributed by atoms with Crippen LogP contribution in [-0.2, 0) is 9.59 Å². The van der Waals surface area contributed by atoms with Gasteiger partial charge in [0.25, 0.3) is 0 Å². The first-order chi connectivity index (χ1) is 9.60. The molecule has 0 aromatic carbocycles. The quantitative estimate of drug-likeness (QED) is 0.739. The molecular formula is C14H16BrN3O2. The molecule has 1 aliphatic heterocycles. The largest absolute Gasteiger partial charge is 0.274 e. The van der Waals surface area contributed by atoms with Gasteiger partial charge in [-0.2, -0.15) is 0 Å². The number of hydrogen-bond donors (Lipinski definition) is 0. The van der Waals surface area contributed by atoms with E-state index in [9.17, 15) is 9.59 Å². The van der Waals surface area contributed by atoms with E-state index < -0.39 is 0 Å². The minimum atomic E-state index is -0.139. The lowest BCUT2D eigenvalue weighted by Gasteiger charge is -2.41. The van der Waals surface area contributed by atoms with Crippen LogP contribution in [0.4, 0.5) is 5.82 Å². The first kappa shape index (κ1) is 13.7. The summed E-state index contributed by atoms with van der Waals surface area (Å²) in [7, 11) is 0. The third-order valence-electron chi connectivity index (χ3n) is 4.30. The lowest BCUT2D eigenvalue weighted by molar-refractivity contribution is -0.134. The summed E-state index contributed by atoms with van der Waals surface area (Å²) >= 11 is 3.20. The zero-order valence-corrected chi connectivity index (χ0v) is 12.7. The van der Waals surface area contributed by atoms with Crippen LogP contribution in [0.1, 0.15) is 44.9 Å². The first-order valence-electron chi connectivity index (χ1n) is 6.93. The van der Waals surface area contributed by atoms with Crippen molar-refractivity contribution in [3.05, 3.63) is 17.0 Å². The molecule has 106 valence electrons. The van der Waals surface area contributed by atoms with Crippen molar-refractivity contribution in [2.45, 2.75) is 44.9 Å². The van der Waals surface area contributed by atoms with Crippen LogP contribution in [0.15, 0.2) is 17.0 Å². The Hall–Kier alpha value is -1.30. The number of imide groups is 1. The molecule has 3 rings (SSSR count). The third kappa shape index (κ3) is 2.49. The Kier molecular flexibility index (Phi) is 3.58. The van der Waals surface area contributed by atoms with Crippen molar-refractivity contribution in [3.8, 4) is 0 Å². The van der Waals surface area contributed by atoms with E-state index in [2.05, 4.69) is 25.9 Å². The molecular weight excluding hydrogens is 322 g/mol. The summed E-state index contributed by atoms with van der Waals surface area (Å²) in [5.74, 6) is 0.0494. The van der Waals surface area contributed by atoms with E-state index in [1.54, 1.807) is 0 Å². The molecule has 2 fully saturated rings. The van der Waals surface area contributed by atoms with E-state index in [4.69, 9.17) is 0 Å². The first-order valence-corrected chi connectivity index (χ1v) is 7.72. The van der Waals surface area contributed by atoms with Crippen LogP contribution in [0, 0.1) is 5.41 Å². The molecule has 1 saturated heterocycles. The molecule has 1 spiro atoms. The fourth-order valence-electron chi connectivity index (χ4n) is 3.33. The maximum absolute atomic E-state index is 12.4. The second-order valence-electron chi connectivity index (χ2n) is 5.73. The SMILES string of the molecule is O=C1CC2(CCCCC2)CC(=O)N1c1cnc(Br)cn1. The summed E-state index contributed by atoms with van der Waals surface area (Å²) in [6, 6.07) is 0. The van der Waals surface area contributed by atoms with Crippen LogP contribution >= 0.6 is 15.9 Å². The number of carbonyl (C=O) groups excluding carboxylic acids is 2. The van der Waals surface area contributed by atoms with E-state index in [1.807, 2.05) is 0 Å². The van der Waals surface area contributed by atoms with Gasteiger partial charge in [-0.15, -0.1) is 0 Å². The van der Waals surface area contributed by atoms with Crippen molar-refractivity contribution in [1.82, 2.24) is 9.97 Å². The lowest BCUT2D eigenvalue weighted by Crippen LogP contribution is -2.49. The average molecular weight is 338 g/mol. The highest BCUT2D eigenvalue weighted by Gasteiger charge is 2.44. The fourth-order valence-corrected chi connectivity index (χ4v) is 3.54. The summed E-state index contributed by atoms with van der Waals surface area (Å²) < 4.78 is 0.585. The molecule has 1 saturated carbocycles. The fraction of sp³-hybridized carbons (Fsp3) is 0.571. The minimum Gasteiger partial charge on any atom is -0.274 e. The molecule has 0 bridgehead atoms. The van der Waals surface area contributed by atoms with E-state index >= 15 is 0 Å². The van der Waals surface area contributed by atoms with Crippen molar-refractivity contribution in [3.63, 3.8) is 0 Å². The van der Waals surface area contributed by atoms with Crippen molar-refractivity contribution >= 4 is 33.6 Å². The van der Waals surface area contributed by atoms with Crippen LogP contribution in [0.5, 0.6) is 0 Å². The van der Waals surface area contributed by atoms with Crippen molar-refractivity contribution in [1.29, 1.82) is 0 Å². The van der Waals surface area contributed by atoms with E-state index in [0.717, 1.165) is 25.7 Å². The van der Waals surface area contributed by atoms with Gasteiger partial charge in [0.05, 0.1) is 12.4 Å². The van der Waals surface area contributed by atoms with Gasteiger partial charge in [-0.05, 0) is 34.2 Å². The van der Waals surface area contributed by atoms with Crippen molar-refractivity contribution in [2.24, 2.45) is 5.41 Å². The number of hydrogen-bond acceptors (Lipinski definition) is 4. The predicted octanol–water partition coefficient (Wildman–Crippen LogP) is 2.84. The summed E-state index contributed by atoms with van der Waals surface area (Å²) in [5, 5.41) is 0. The Balaban J connectivity index is 1.83. The van der Waals surface area contributed by atoms with Gasteiger partial charge in [0, 0.05) is 12.8 Å². The number of rotatable bonds is 1. The van der Waals surface area contributed by atoms with E-state index in [-0.39, 0.29) is 17.2 Å². The predicted molar refractivity (Wildman–Crippen MR) is 77.0 cm³/mol. The number of halogens is 1. The van der Waals surface area contributed by atoms with Gasteiger partial charge in [0.2, 0.25) is 11.8 Å². The minimum absolute atomic E-state index is 0.0916. The zero-order chi connectivity index (χ0) is 14.2. The molecule has 0 atom stereocenters. The topological polar surface area (TPSA) is 63.2 Å².